The van der Waals surface area contributed by atoms with Gasteiger partial charge in [-0.15, -0.1) is 0 Å². The second kappa shape index (κ2) is 5.19. The Morgan fingerprint density at radius 1 is 1.33 bits per heavy atom. The van der Waals surface area contributed by atoms with Gasteiger partial charge in [-0.3, -0.25) is 10.1 Å². The van der Waals surface area contributed by atoms with Crippen molar-refractivity contribution in [3.63, 3.8) is 0 Å². The van der Waals surface area contributed by atoms with Crippen molar-refractivity contribution in [2.75, 3.05) is 5.32 Å². The van der Waals surface area contributed by atoms with Gasteiger partial charge in [-0.05, 0) is 18.2 Å². The number of hydrogen-bond donors (Lipinski definition) is 2. The number of nitrogens with one attached hydrogen (secondary N) is 1. The zero-order valence-corrected chi connectivity index (χ0v) is 11.9. The van der Waals surface area contributed by atoms with Crippen molar-refractivity contribution in [2.24, 2.45) is 0 Å². The van der Waals surface area contributed by atoms with Crippen LogP contribution in [-0.4, -0.2) is 22.0 Å². The number of amides is 1. The van der Waals surface area contributed by atoms with Crippen LogP contribution in [0.1, 0.15) is 20.9 Å². The largest absolute Gasteiger partial charge is 0.478 e. The Morgan fingerprint density at radius 3 is 2.86 bits per heavy atom. The van der Waals surface area contributed by atoms with Gasteiger partial charge < -0.3 is 9.52 Å². The third kappa shape index (κ3) is 2.74. The van der Waals surface area contributed by atoms with Crippen molar-refractivity contribution in [1.29, 1.82) is 0 Å². The number of carbonyl (C=O) groups is 2. The molecule has 2 aromatic heterocycles. The molecule has 21 heavy (non-hydrogen) atoms. The molecule has 6 nitrogen and oxygen atoms in total. The lowest BCUT2D eigenvalue weighted by molar-refractivity contribution is 0.0696. The minimum Gasteiger partial charge on any atom is -0.478 e. The molecule has 0 saturated carbocycles. The van der Waals surface area contributed by atoms with E-state index in [4.69, 9.17) is 21.1 Å². The van der Waals surface area contributed by atoms with Gasteiger partial charge in [-0.1, -0.05) is 22.9 Å². The summed E-state index contributed by atoms with van der Waals surface area (Å²) in [4.78, 5) is 26.9. The third-order valence-corrected chi connectivity index (χ3v) is 3.81. The van der Waals surface area contributed by atoms with Gasteiger partial charge in [0.25, 0.3) is 5.91 Å². The van der Waals surface area contributed by atoms with E-state index < -0.39 is 11.9 Å². The van der Waals surface area contributed by atoms with Crippen LogP contribution in [0.25, 0.3) is 10.2 Å². The Bertz CT molecular complexity index is 855. The Hall–Kier alpha value is -2.38. The molecule has 3 aromatic rings. The molecule has 2 heterocycles. The summed E-state index contributed by atoms with van der Waals surface area (Å²) in [5.74, 6) is -1.82. The number of rotatable bonds is 3. The monoisotopic (exact) mass is 322 g/mol. The Balaban J connectivity index is 1.83. The van der Waals surface area contributed by atoms with Crippen LogP contribution in [0.15, 0.2) is 34.9 Å². The number of carboxylic acid groups (broad SMARTS) is 1. The number of benzene rings is 1. The molecule has 0 aliphatic carbocycles. The topological polar surface area (TPSA) is 92.4 Å². The Labute approximate surface area is 127 Å². The van der Waals surface area contributed by atoms with Crippen LogP contribution in [0.2, 0.25) is 5.02 Å². The number of aromatic nitrogens is 1. The second-order valence-electron chi connectivity index (χ2n) is 4.09. The highest BCUT2D eigenvalue weighted by Gasteiger charge is 2.16. The number of carbonyl (C=O) groups excluding carboxylic acids is 1. The average Bonchev–Trinajstić information content (AvgIpc) is 3.03. The van der Waals surface area contributed by atoms with E-state index in [1.165, 1.54) is 11.3 Å². The summed E-state index contributed by atoms with van der Waals surface area (Å²) in [5, 5.41) is 12.3. The molecule has 0 aliphatic heterocycles. The van der Waals surface area contributed by atoms with Gasteiger partial charge in [0, 0.05) is 11.1 Å². The smallest absolute Gasteiger partial charge is 0.338 e. The molecule has 0 unspecified atom stereocenters. The number of furan rings is 1. The first-order valence-corrected chi connectivity index (χ1v) is 6.91. The molecule has 0 atom stereocenters. The van der Waals surface area contributed by atoms with E-state index >= 15 is 0 Å². The number of hydrogen-bond acceptors (Lipinski definition) is 5. The molecule has 1 aromatic carbocycles. The Morgan fingerprint density at radius 2 is 2.14 bits per heavy atom. The van der Waals surface area contributed by atoms with Crippen molar-refractivity contribution in [2.45, 2.75) is 0 Å². The van der Waals surface area contributed by atoms with Gasteiger partial charge in [0.05, 0.1) is 15.8 Å². The number of carboxylic acids is 1. The number of fused-ring (bicyclic) bond motifs is 1. The van der Waals surface area contributed by atoms with Crippen LogP contribution in [0.3, 0.4) is 0 Å². The van der Waals surface area contributed by atoms with E-state index in [2.05, 4.69) is 10.3 Å². The Kier molecular flexibility index (Phi) is 3.36. The van der Waals surface area contributed by atoms with Crippen molar-refractivity contribution >= 4 is 50.2 Å². The van der Waals surface area contributed by atoms with Crippen molar-refractivity contribution < 1.29 is 19.1 Å². The van der Waals surface area contributed by atoms with E-state index in [9.17, 15) is 9.59 Å². The summed E-state index contributed by atoms with van der Waals surface area (Å²) in [7, 11) is 0. The summed E-state index contributed by atoms with van der Waals surface area (Å²) in [6.07, 6.45) is 1.01. The summed E-state index contributed by atoms with van der Waals surface area (Å²) in [6.45, 7) is 0. The van der Waals surface area contributed by atoms with Gasteiger partial charge in [-0.25, -0.2) is 9.78 Å². The zero-order chi connectivity index (χ0) is 15.0. The van der Waals surface area contributed by atoms with Gasteiger partial charge >= 0.3 is 5.97 Å². The molecule has 0 fully saturated rings. The summed E-state index contributed by atoms with van der Waals surface area (Å²) in [5.41, 5.74) is 0.626. The van der Waals surface area contributed by atoms with E-state index in [0.717, 1.165) is 17.0 Å². The molecule has 0 radical (unpaired) electrons. The quantitative estimate of drug-likeness (QED) is 0.770. The maximum atomic E-state index is 11.9. The van der Waals surface area contributed by atoms with Crippen molar-refractivity contribution in [3.8, 4) is 0 Å². The van der Waals surface area contributed by atoms with Gasteiger partial charge in [0.15, 0.2) is 10.9 Å². The summed E-state index contributed by atoms with van der Waals surface area (Å²) in [6, 6.07) is 6.36. The van der Waals surface area contributed by atoms with E-state index in [1.807, 2.05) is 0 Å². The lowest BCUT2D eigenvalue weighted by Gasteiger charge is -1.96. The lowest BCUT2D eigenvalue weighted by Crippen LogP contribution is -2.10. The molecule has 3 rings (SSSR count). The van der Waals surface area contributed by atoms with Crippen molar-refractivity contribution in [1.82, 2.24) is 4.98 Å². The number of nitrogens with zero attached hydrogens (tertiary/aromatic N) is 1. The molecule has 106 valence electrons. The maximum Gasteiger partial charge on any atom is 0.338 e. The maximum absolute atomic E-state index is 11.9. The van der Waals surface area contributed by atoms with E-state index in [-0.39, 0.29) is 11.3 Å². The fraction of sp³-hybridized carbons (Fsp3) is 0. The normalized spacial score (nSPS) is 10.7. The second-order valence-corrected chi connectivity index (χ2v) is 5.56. The highest BCUT2D eigenvalue weighted by atomic mass is 35.5. The molecule has 0 spiro atoms. The molecule has 0 bridgehead atoms. The molecule has 8 heteroatoms. The molecule has 0 saturated heterocycles. The van der Waals surface area contributed by atoms with Crippen LogP contribution in [0.4, 0.5) is 5.13 Å². The minimum atomic E-state index is -1.16. The first-order chi connectivity index (χ1) is 10.0. The van der Waals surface area contributed by atoms with Crippen LogP contribution in [-0.2, 0) is 0 Å². The van der Waals surface area contributed by atoms with Crippen LogP contribution < -0.4 is 5.32 Å². The number of anilines is 1. The van der Waals surface area contributed by atoms with Gasteiger partial charge in [-0.2, -0.15) is 0 Å². The summed E-state index contributed by atoms with van der Waals surface area (Å²) >= 11 is 7.14. The fourth-order valence-electron chi connectivity index (χ4n) is 1.68. The van der Waals surface area contributed by atoms with E-state index in [1.54, 1.807) is 18.2 Å². The minimum absolute atomic E-state index is 0.0868. The highest BCUT2D eigenvalue weighted by Crippen LogP contribution is 2.28. The zero-order valence-electron chi connectivity index (χ0n) is 10.3. The predicted octanol–water partition coefficient (Wildman–Crippen LogP) is 3.49. The number of aromatic carboxylic acids is 1. The fourth-order valence-corrected chi connectivity index (χ4v) is 2.82. The summed E-state index contributed by atoms with van der Waals surface area (Å²) < 4.78 is 5.75. The molecule has 0 aliphatic rings. The predicted molar refractivity (Wildman–Crippen MR) is 78.3 cm³/mol. The van der Waals surface area contributed by atoms with Crippen LogP contribution >= 0.6 is 22.9 Å². The highest BCUT2D eigenvalue weighted by molar-refractivity contribution is 7.22. The standard InChI is InChI=1S/C13H7ClN2O4S/c14-7-1-2-8-10(4-7)21-13(15-8)16-11(17)9-3-6(5-20-9)12(18)19/h1-5H,(H,18,19)(H,15,16,17). The first kappa shape index (κ1) is 13.6. The average molecular weight is 323 g/mol. The lowest BCUT2D eigenvalue weighted by atomic mass is 10.3. The molecule has 2 N–H and O–H groups in total. The van der Waals surface area contributed by atoms with Gasteiger partial charge in [0.2, 0.25) is 0 Å². The number of halogens is 1. The van der Waals surface area contributed by atoms with Crippen molar-refractivity contribution in [3.05, 3.63) is 46.9 Å². The first-order valence-electron chi connectivity index (χ1n) is 5.72. The van der Waals surface area contributed by atoms with Crippen LogP contribution in [0, 0.1) is 0 Å². The molecular weight excluding hydrogens is 316 g/mol. The SMILES string of the molecule is O=C(O)c1coc(C(=O)Nc2nc3ccc(Cl)cc3s2)c1. The van der Waals surface area contributed by atoms with Gasteiger partial charge in [0.1, 0.15) is 6.26 Å². The van der Waals surface area contributed by atoms with Crippen LogP contribution in [0.5, 0.6) is 0 Å². The van der Waals surface area contributed by atoms with E-state index in [0.29, 0.717) is 15.7 Å². The third-order valence-electron chi connectivity index (χ3n) is 2.64. The molecule has 1 amide bonds. The number of thiazole rings is 1. The molecular formula is C13H7ClN2O4S.